The predicted molar refractivity (Wildman–Crippen MR) is 97.4 cm³/mol. The van der Waals surface area contributed by atoms with Crippen molar-refractivity contribution in [2.24, 2.45) is 0 Å². The van der Waals surface area contributed by atoms with Crippen LogP contribution in [0.25, 0.3) is 0 Å². The molecule has 6 heteroatoms. The Kier molecular flexibility index (Phi) is 5.39. The maximum Gasteiger partial charge on any atom is 0.243 e. The van der Waals surface area contributed by atoms with Gasteiger partial charge in [-0.25, -0.2) is 12.8 Å². The molecule has 1 atom stereocenters. The minimum Gasteiger partial charge on any atom is -0.381 e. The number of hydrogen-bond acceptors (Lipinski definition) is 3. The number of nitrogens with one attached hydrogen (secondary N) is 1. The molecule has 2 aromatic rings. The highest BCUT2D eigenvalue weighted by molar-refractivity contribution is 7.89. The van der Waals surface area contributed by atoms with Gasteiger partial charge in [0, 0.05) is 24.8 Å². The summed E-state index contributed by atoms with van der Waals surface area (Å²) in [6.07, 6.45) is 2.91. The number of rotatable bonds is 5. The summed E-state index contributed by atoms with van der Waals surface area (Å²) in [7, 11) is -3.44. The number of sulfonamides is 1. The van der Waals surface area contributed by atoms with Crippen molar-refractivity contribution in [3.63, 3.8) is 0 Å². The van der Waals surface area contributed by atoms with Crippen LogP contribution in [0, 0.1) is 5.82 Å². The van der Waals surface area contributed by atoms with E-state index in [-0.39, 0.29) is 11.9 Å². The number of nitrogens with zero attached hydrogens (tertiary/aromatic N) is 1. The van der Waals surface area contributed by atoms with Crippen LogP contribution in [0.2, 0.25) is 0 Å². The number of piperidine rings is 1. The number of benzene rings is 2. The SMILES string of the molecule is CC1CCCCN1S(=O)(=O)c1ccc(NCc2ccc(F)cc2)cc1. The zero-order valence-corrected chi connectivity index (χ0v) is 15.1. The Bertz CT molecular complexity index is 804. The van der Waals surface area contributed by atoms with Crippen LogP contribution in [-0.2, 0) is 16.6 Å². The van der Waals surface area contributed by atoms with E-state index in [1.54, 1.807) is 40.7 Å². The molecule has 0 amide bonds. The Hall–Kier alpha value is -1.92. The lowest BCUT2D eigenvalue weighted by molar-refractivity contribution is 0.268. The lowest BCUT2D eigenvalue weighted by Gasteiger charge is -2.32. The topological polar surface area (TPSA) is 49.4 Å². The van der Waals surface area contributed by atoms with Gasteiger partial charge < -0.3 is 5.32 Å². The highest BCUT2D eigenvalue weighted by Crippen LogP contribution is 2.26. The van der Waals surface area contributed by atoms with E-state index in [1.165, 1.54) is 12.1 Å². The Labute approximate surface area is 148 Å². The third-order valence-corrected chi connectivity index (χ3v) is 6.64. The zero-order valence-electron chi connectivity index (χ0n) is 14.3. The molecule has 25 heavy (non-hydrogen) atoms. The van der Waals surface area contributed by atoms with E-state index in [2.05, 4.69) is 5.32 Å². The fourth-order valence-corrected chi connectivity index (χ4v) is 4.81. The molecule has 0 spiro atoms. The van der Waals surface area contributed by atoms with Crippen LogP contribution >= 0.6 is 0 Å². The highest BCUT2D eigenvalue weighted by atomic mass is 32.2. The first-order valence-electron chi connectivity index (χ1n) is 8.57. The van der Waals surface area contributed by atoms with Gasteiger partial charge in [-0.1, -0.05) is 18.6 Å². The van der Waals surface area contributed by atoms with E-state index < -0.39 is 10.0 Å². The van der Waals surface area contributed by atoms with Crippen molar-refractivity contribution < 1.29 is 12.8 Å². The standard InChI is InChI=1S/C19H23FN2O2S/c1-15-4-2-3-13-22(15)25(23,24)19-11-9-18(10-12-19)21-14-16-5-7-17(20)8-6-16/h5-12,15,21H,2-4,13-14H2,1H3. The second kappa shape index (κ2) is 7.54. The smallest absolute Gasteiger partial charge is 0.243 e. The van der Waals surface area contributed by atoms with Gasteiger partial charge in [-0.15, -0.1) is 0 Å². The van der Waals surface area contributed by atoms with Gasteiger partial charge in [-0.2, -0.15) is 4.31 Å². The molecule has 0 saturated carbocycles. The molecule has 2 aromatic carbocycles. The summed E-state index contributed by atoms with van der Waals surface area (Å²) in [5.74, 6) is -0.259. The first kappa shape index (κ1) is 17.9. The van der Waals surface area contributed by atoms with Gasteiger partial charge in [-0.05, 0) is 61.7 Å². The summed E-state index contributed by atoms with van der Waals surface area (Å²) in [5, 5.41) is 3.22. The molecule has 1 fully saturated rings. The summed E-state index contributed by atoms with van der Waals surface area (Å²) >= 11 is 0. The normalized spacial score (nSPS) is 18.9. The summed E-state index contributed by atoms with van der Waals surface area (Å²) in [5.41, 5.74) is 1.79. The van der Waals surface area contributed by atoms with Gasteiger partial charge in [0.2, 0.25) is 10.0 Å². The van der Waals surface area contributed by atoms with Crippen molar-refractivity contribution >= 4 is 15.7 Å². The summed E-state index contributed by atoms with van der Waals surface area (Å²) in [6, 6.07) is 13.2. The minimum atomic E-state index is -3.44. The van der Waals surface area contributed by atoms with Crippen molar-refractivity contribution in [1.29, 1.82) is 0 Å². The zero-order chi connectivity index (χ0) is 17.9. The predicted octanol–water partition coefficient (Wildman–Crippen LogP) is 4.00. The van der Waals surface area contributed by atoms with Crippen LogP contribution in [0.5, 0.6) is 0 Å². The van der Waals surface area contributed by atoms with E-state index in [1.807, 2.05) is 6.92 Å². The van der Waals surface area contributed by atoms with Crippen LogP contribution in [0.4, 0.5) is 10.1 Å². The Morgan fingerprint density at radius 1 is 1.08 bits per heavy atom. The molecule has 0 aliphatic carbocycles. The van der Waals surface area contributed by atoms with E-state index >= 15 is 0 Å². The van der Waals surface area contributed by atoms with Gasteiger partial charge in [0.25, 0.3) is 0 Å². The van der Waals surface area contributed by atoms with Gasteiger partial charge in [-0.3, -0.25) is 0 Å². The van der Waals surface area contributed by atoms with Crippen molar-refractivity contribution in [3.8, 4) is 0 Å². The average molecular weight is 362 g/mol. The molecule has 0 radical (unpaired) electrons. The number of anilines is 1. The Balaban J connectivity index is 1.68. The largest absolute Gasteiger partial charge is 0.381 e. The molecule has 4 nitrogen and oxygen atoms in total. The van der Waals surface area contributed by atoms with Gasteiger partial charge >= 0.3 is 0 Å². The molecule has 1 aliphatic heterocycles. The first-order valence-corrected chi connectivity index (χ1v) is 10.0. The fourth-order valence-electron chi connectivity index (χ4n) is 3.12. The van der Waals surface area contributed by atoms with Crippen LogP contribution in [-0.4, -0.2) is 25.3 Å². The van der Waals surface area contributed by atoms with E-state index in [9.17, 15) is 12.8 Å². The molecular weight excluding hydrogens is 339 g/mol. The lowest BCUT2D eigenvalue weighted by atomic mass is 10.1. The molecule has 1 N–H and O–H groups in total. The van der Waals surface area contributed by atoms with Crippen LogP contribution in [0.3, 0.4) is 0 Å². The van der Waals surface area contributed by atoms with Crippen LogP contribution in [0.1, 0.15) is 31.7 Å². The maximum absolute atomic E-state index is 12.9. The molecule has 0 aromatic heterocycles. The monoisotopic (exact) mass is 362 g/mol. The number of hydrogen-bond donors (Lipinski definition) is 1. The summed E-state index contributed by atoms with van der Waals surface area (Å²) < 4.78 is 40.1. The molecule has 1 saturated heterocycles. The molecule has 3 rings (SSSR count). The fraction of sp³-hybridized carbons (Fsp3) is 0.368. The van der Waals surface area contributed by atoms with Crippen LogP contribution in [0.15, 0.2) is 53.4 Å². The molecule has 0 bridgehead atoms. The minimum absolute atomic E-state index is 0.0510. The second-order valence-corrected chi connectivity index (χ2v) is 8.36. The van der Waals surface area contributed by atoms with Crippen molar-refractivity contribution in [1.82, 2.24) is 4.31 Å². The van der Waals surface area contributed by atoms with Crippen molar-refractivity contribution in [2.45, 2.75) is 43.7 Å². The third kappa shape index (κ3) is 4.19. The van der Waals surface area contributed by atoms with Gasteiger partial charge in [0.05, 0.1) is 4.90 Å². The highest BCUT2D eigenvalue weighted by Gasteiger charge is 2.30. The van der Waals surface area contributed by atoms with Gasteiger partial charge in [0.1, 0.15) is 5.82 Å². The van der Waals surface area contributed by atoms with Crippen LogP contribution < -0.4 is 5.32 Å². The third-order valence-electron chi connectivity index (χ3n) is 4.61. The maximum atomic E-state index is 12.9. The van der Waals surface area contributed by atoms with E-state index in [0.717, 1.165) is 30.5 Å². The van der Waals surface area contributed by atoms with E-state index in [0.29, 0.717) is 18.0 Å². The van der Waals surface area contributed by atoms with Crippen molar-refractivity contribution in [3.05, 3.63) is 59.9 Å². The second-order valence-electron chi connectivity index (χ2n) is 6.46. The quantitative estimate of drug-likeness (QED) is 0.875. The summed E-state index contributed by atoms with van der Waals surface area (Å²) in [4.78, 5) is 0.327. The molecule has 1 aliphatic rings. The summed E-state index contributed by atoms with van der Waals surface area (Å²) in [6.45, 7) is 3.11. The van der Waals surface area contributed by atoms with Crippen molar-refractivity contribution in [2.75, 3.05) is 11.9 Å². The van der Waals surface area contributed by atoms with E-state index in [4.69, 9.17) is 0 Å². The first-order chi connectivity index (χ1) is 12.0. The van der Waals surface area contributed by atoms with Gasteiger partial charge in [0.15, 0.2) is 0 Å². The molecule has 1 unspecified atom stereocenters. The molecule has 1 heterocycles. The lowest BCUT2D eigenvalue weighted by Crippen LogP contribution is -2.41. The molecule has 134 valence electrons. The Morgan fingerprint density at radius 3 is 2.40 bits per heavy atom. The molecular formula is C19H23FN2O2S. The average Bonchev–Trinajstić information content (AvgIpc) is 2.62. The number of halogens is 1. The Morgan fingerprint density at radius 2 is 1.76 bits per heavy atom.